The maximum absolute atomic E-state index is 12.0. The van der Waals surface area contributed by atoms with Gasteiger partial charge in [-0.25, -0.2) is 4.98 Å². The van der Waals surface area contributed by atoms with E-state index in [-0.39, 0.29) is 11.3 Å². The van der Waals surface area contributed by atoms with Crippen molar-refractivity contribution in [3.05, 3.63) is 22.0 Å². The van der Waals surface area contributed by atoms with E-state index in [1.165, 1.54) is 12.4 Å². The molecule has 0 amide bonds. The van der Waals surface area contributed by atoms with Crippen molar-refractivity contribution in [1.82, 2.24) is 9.97 Å². The molecule has 2 rings (SSSR count). The molecule has 7 heteroatoms. The predicted molar refractivity (Wildman–Crippen MR) is 55.5 cm³/mol. The highest BCUT2D eigenvalue weighted by Crippen LogP contribution is 2.30. The van der Waals surface area contributed by atoms with Gasteiger partial charge in [0.25, 0.3) is 0 Å². The summed E-state index contributed by atoms with van der Waals surface area (Å²) >= 11 is 1.91. The van der Waals surface area contributed by atoms with Gasteiger partial charge in [0.15, 0.2) is 5.75 Å². The van der Waals surface area contributed by atoms with Gasteiger partial charge in [-0.2, -0.15) is 0 Å². The molecule has 1 aromatic carbocycles. The van der Waals surface area contributed by atoms with Crippen LogP contribution in [0.2, 0.25) is 0 Å². The first-order valence-corrected chi connectivity index (χ1v) is 4.92. The fraction of sp³-hybridized carbons (Fsp3) is 0.125. The molecule has 0 unspecified atom stereocenters. The molecule has 3 nitrogen and oxygen atoms in total. The second kappa shape index (κ2) is 3.54. The number of fused-ring (bicyclic) bond motifs is 1. The van der Waals surface area contributed by atoms with Crippen molar-refractivity contribution in [2.45, 2.75) is 6.36 Å². The third-order valence-corrected chi connectivity index (χ3v) is 2.30. The summed E-state index contributed by atoms with van der Waals surface area (Å²) in [5, 5.41) is 0. The fourth-order valence-corrected chi connectivity index (χ4v) is 1.78. The van der Waals surface area contributed by atoms with Crippen molar-refractivity contribution in [2.24, 2.45) is 0 Å². The Hall–Kier alpha value is -0.990. The highest BCUT2D eigenvalue weighted by Gasteiger charge is 2.32. The molecule has 0 bridgehead atoms. The predicted octanol–water partition coefficient (Wildman–Crippen LogP) is 3.07. The number of rotatable bonds is 1. The average molecular weight is 328 g/mol. The number of aromatic nitrogens is 2. The number of nitrogens with zero attached hydrogens (tertiary/aromatic N) is 1. The second-order valence-electron chi connectivity index (χ2n) is 2.75. The number of halogens is 4. The molecule has 1 aromatic heterocycles. The lowest BCUT2D eigenvalue weighted by atomic mass is 10.3. The summed E-state index contributed by atoms with van der Waals surface area (Å²) in [4.78, 5) is 6.48. The molecule has 0 spiro atoms. The summed E-state index contributed by atoms with van der Waals surface area (Å²) in [5.41, 5.74) is 0.689. The Morgan fingerprint density at radius 2 is 2.07 bits per heavy atom. The van der Waals surface area contributed by atoms with Crippen LogP contribution in [-0.2, 0) is 0 Å². The standard InChI is InChI=1S/C8H4F3IN2O/c9-8(10,11)15-6-2-4(12)1-5-7(6)14-3-13-5/h1-3H,(H,13,14). The number of hydrogen-bond donors (Lipinski definition) is 1. The molecule has 0 aliphatic carbocycles. The van der Waals surface area contributed by atoms with Crippen LogP contribution in [0.5, 0.6) is 5.75 Å². The van der Waals surface area contributed by atoms with Crippen LogP contribution in [0.1, 0.15) is 0 Å². The molecule has 0 atom stereocenters. The van der Waals surface area contributed by atoms with E-state index in [0.29, 0.717) is 9.09 Å². The van der Waals surface area contributed by atoms with Crippen LogP contribution in [0.3, 0.4) is 0 Å². The summed E-state index contributed by atoms with van der Waals surface area (Å²) in [7, 11) is 0. The Morgan fingerprint density at radius 1 is 1.33 bits per heavy atom. The quantitative estimate of drug-likeness (QED) is 0.817. The molecule has 0 saturated carbocycles. The zero-order valence-corrected chi connectivity index (χ0v) is 9.26. The van der Waals surface area contributed by atoms with Gasteiger partial charge < -0.3 is 9.72 Å². The molecule has 2 aromatic rings. The summed E-state index contributed by atoms with van der Waals surface area (Å²) in [6, 6.07) is 2.98. The van der Waals surface area contributed by atoms with Crippen LogP contribution in [0, 0.1) is 3.57 Å². The minimum absolute atomic E-state index is 0.174. The summed E-state index contributed by atoms with van der Waals surface area (Å²) in [6.07, 6.45) is -3.37. The molecule has 0 aliphatic rings. The van der Waals surface area contributed by atoms with E-state index in [4.69, 9.17) is 0 Å². The zero-order chi connectivity index (χ0) is 11.1. The van der Waals surface area contributed by atoms with Gasteiger partial charge >= 0.3 is 6.36 Å². The molecule has 80 valence electrons. The maximum Gasteiger partial charge on any atom is 0.573 e. The number of nitrogens with one attached hydrogen (secondary N) is 1. The van der Waals surface area contributed by atoms with Gasteiger partial charge in [-0.3, -0.25) is 0 Å². The maximum atomic E-state index is 12.0. The van der Waals surface area contributed by atoms with Gasteiger partial charge in [0.05, 0.1) is 11.8 Å². The third kappa shape index (κ3) is 2.33. The van der Waals surface area contributed by atoms with E-state index < -0.39 is 6.36 Å². The molecule has 0 aliphatic heterocycles. The Kier molecular flexibility index (Phi) is 2.49. The van der Waals surface area contributed by atoms with E-state index in [1.807, 2.05) is 22.6 Å². The molecule has 1 N–H and O–H groups in total. The van der Waals surface area contributed by atoms with Crippen LogP contribution in [0.4, 0.5) is 13.2 Å². The monoisotopic (exact) mass is 328 g/mol. The summed E-state index contributed by atoms with van der Waals surface area (Å²) in [5.74, 6) is -0.286. The third-order valence-electron chi connectivity index (χ3n) is 1.68. The molecular weight excluding hydrogens is 324 g/mol. The van der Waals surface area contributed by atoms with Crippen LogP contribution in [0.15, 0.2) is 18.5 Å². The van der Waals surface area contributed by atoms with Gasteiger partial charge in [0.1, 0.15) is 5.52 Å². The van der Waals surface area contributed by atoms with Crippen molar-refractivity contribution >= 4 is 33.6 Å². The zero-order valence-electron chi connectivity index (χ0n) is 7.10. The second-order valence-corrected chi connectivity index (χ2v) is 4.00. The Balaban J connectivity index is 2.53. The van der Waals surface area contributed by atoms with Crippen LogP contribution in [0.25, 0.3) is 11.0 Å². The highest BCUT2D eigenvalue weighted by atomic mass is 127. The van der Waals surface area contributed by atoms with E-state index >= 15 is 0 Å². The van der Waals surface area contributed by atoms with E-state index in [9.17, 15) is 13.2 Å². The topological polar surface area (TPSA) is 37.9 Å². The van der Waals surface area contributed by atoms with Crippen LogP contribution < -0.4 is 4.74 Å². The Morgan fingerprint density at radius 3 is 2.73 bits per heavy atom. The molecule has 15 heavy (non-hydrogen) atoms. The van der Waals surface area contributed by atoms with E-state index in [1.54, 1.807) is 6.07 Å². The normalized spacial score (nSPS) is 12.0. The number of benzene rings is 1. The number of imidazole rings is 1. The average Bonchev–Trinajstić information content (AvgIpc) is 2.48. The van der Waals surface area contributed by atoms with Crippen LogP contribution >= 0.6 is 22.6 Å². The number of alkyl halides is 3. The molecule has 0 fully saturated rings. The largest absolute Gasteiger partial charge is 0.573 e. The van der Waals surface area contributed by atoms with Crippen molar-refractivity contribution in [2.75, 3.05) is 0 Å². The first-order chi connectivity index (χ1) is 6.96. The van der Waals surface area contributed by atoms with Crippen LogP contribution in [-0.4, -0.2) is 16.3 Å². The first-order valence-electron chi connectivity index (χ1n) is 3.84. The van der Waals surface area contributed by atoms with Gasteiger partial charge in [-0.15, -0.1) is 13.2 Å². The molecule has 0 radical (unpaired) electrons. The lowest BCUT2D eigenvalue weighted by molar-refractivity contribution is -0.274. The molecule has 1 heterocycles. The number of H-pyrrole nitrogens is 1. The lowest BCUT2D eigenvalue weighted by Gasteiger charge is -2.09. The Bertz CT molecular complexity index is 494. The SMILES string of the molecule is FC(F)(F)Oc1cc(I)cc2[nH]cnc12. The smallest absolute Gasteiger partial charge is 0.403 e. The fourth-order valence-electron chi connectivity index (χ4n) is 1.19. The first kappa shape index (κ1) is 10.5. The minimum atomic E-state index is -4.70. The van der Waals surface area contributed by atoms with Crippen molar-refractivity contribution in [3.63, 3.8) is 0 Å². The number of hydrogen-bond acceptors (Lipinski definition) is 2. The number of ether oxygens (including phenoxy) is 1. The summed E-state index contributed by atoms with van der Waals surface area (Å²) < 4.78 is 40.6. The van der Waals surface area contributed by atoms with Crippen molar-refractivity contribution < 1.29 is 17.9 Å². The van der Waals surface area contributed by atoms with Gasteiger partial charge in [0.2, 0.25) is 0 Å². The Labute approximate surface area is 95.8 Å². The van der Waals surface area contributed by atoms with Gasteiger partial charge in [0, 0.05) is 3.57 Å². The number of aromatic amines is 1. The lowest BCUT2D eigenvalue weighted by Crippen LogP contribution is -2.17. The molecular formula is C8H4F3IN2O. The van der Waals surface area contributed by atoms with Gasteiger partial charge in [-0.1, -0.05) is 0 Å². The van der Waals surface area contributed by atoms with Crippen molar-refractivity contribution in [1.29, 1.82) is 0 Å². The van der Waals surface area contributed by atoms with Crippen molar-refractivity contribution in [3.8, 4) is 5.75 Å². The molecule has 0 saturated heterocycles. The van der Waals surface area contributed by atoms with E-state index in [0.717, 1.165) is 0 Å². The highest BCUT2D eigenvalue weighted by molar-refractivity contribution is 14.1. The van der Waals surface area contributed by atoms with Gasteiger partial charge in [-0.05, 0) is 34.7 Å². The summed E-state index contributed by atoms with van der Waals surface area (Å²) in [6.45, 7) is 0. The minimum Gasteiger partial charge on any atom is -0.403 e. The van der Waals surface area contributed by atoms with E-state index in [2.05, 4.69) is 14.7 Å².